The van der Waals surface area contributed by atoms with E-state index in [4.69, 9.17) is 19.9 Å². The molecule has 0 aromatic heterocycles. The molecule has 0 saturated carbocycles. The third-order valence-corrected chi connectivity index (χ3v) is 5.49. The first-order valence-electron chi connectivity index (χ1n) is 5.47. The summed E-state index contributed by atoms with van der Waals surface area (Å²) < 4.78 is 22.4. The van der Waals surface area contributed by atoms with Crippen molar-refractivity contribution in [1.82, 2.24) is 0 Å². The van der Waals surface area contributed by atoms with E-state index in [0.29, 0.717) is 26.1 Å². The van der Waals surface area contributed by atoms with E-state index in [2.05, 4.69) is 0 Å². The van der Waals surface area contributed by atoms with Crippen LogP contribution in [0.2, 0.25) is 0 Å². The van der Waals surface area contributed by atoms with Gasteiger partial charge >= 0.3 is 12.8 Å². The molecule has 0 rings (SSSR count). The van der Waals surface area contributed by atoms with Gasteiger partial charge in [-0.1, -0.05) is 13.8 Å². The van der Waals surface area contributed by atoms with E-state index >= 15 is 0 Å². The van der Waals surface area contributed by atoms with Crippen molar-refractivity contribution >= 4 is 24.1 Å². The van der Waals surface area contributed by atoms with E-state index < -0.39 is 18.8 Å². The number of carboxylic acids is 1. The van der Waals surface area contributed by atoms with Gasteiger partial charge < -0.3 is 19.9 Å². The van der Waals surface area contributed by atoms with Crippen molar-refractivity contribution in [2.24, 2.45) is 5.73 Å². The molecule has 102 valence electrons. The van der Waals surface area contributed by atoms with Crippen LogP contribution >= 0.6 is 18.2 Å². The van der Waals surface area contributed by atoms with Crippen LogP contribution in [-0.2, 0) is 18.4 Å². The van der Waals surface area contributed by atoms with Gasteiger partial charge in [0, 0.05) is 5.75 Å². The maximum atomic E-state index is 12.1. The molecule has 6 nitrogen and oxygen atoms in total. The molecule has 0 saturated heterocycles. The van der Waals surface area contributed by atoms with Crippen molar-refractivity contribution in [3.05, 3.63) is 0 Å². The molecule has 8 heteroatoms. The summed E-state index contributed by atoms with van der Waals surface area (Å²) in [5.74, 6) is -1.13. The fraction of sp³-hybridized carbons (Fsp3) is 0.889. The summed E-state index contributed by atoms with van der Waals surface area (Å²) in [6.45, 7) is 1.13. The van der Waals surface area contributed by atoms with Crippen LogP contribution in [-0.4, -0.2) is 36.1 Å². The maximum Gasteiger partial charge on any atom is 0.389 e. The number of carbonyl (C=O) groups is 1. The minimum absolute atomic E-state index is 0.0000394. The van der Waals surface area contributed by atoms with Gasteiger partial charge in [-0.25, -0.2) is 4.57 Å². The zero-order chi connectivity index (χ0) is 13.3. The number of carboxylic acid groups (broad SMARTS) is 1. The second-order valence-corrected chi connectivity index (χ2v) is 7.47. The van der Waals surface area contributed by atoms with E-state index in [0.717, 1.165) is 11.4 Å². The predicted octanol–water partition coefficient (Wildman–Crippen LogP) is 2.09. The molecule has 1 unspecified atom stereocenters. The van der Waals surface area contributed by atoms with Gasteiger partial charge in [-0.15, -0.1) is 0 Å². The molecular weight excluding hydrogens is 265 g/mol. The van der Waals surface area contributed by atoms with Crippen LogP contribution in [0.5, 0.6) is 0 Å². The molecule has 0 radical (unpaired) electrons. The van der Waals surface area contributed by atoms with E-state index in [9.17, 15) is 9.36 Å². The molecule has 0 heterocycles. The van der Waals surface area contributed by atoms with Crippen molar-refractivity contribution < 1.29 is 23.5 Å². The Hall–Kier alpha value is -0.0700. The lowest BCUT2D eigenvalue weighted by molar-refractivity contribution is -0.137. The Labute approximate surface area is 106 Å². The normalized spacial score (nSPS) is 13.6. The highest BCUT2D eigenvalue weighted by molar-refractivity contribution is 8.55. The van der Waals surface area contributed by atoms with E-state index in [-0.39, 0.29) is 5.75 Å². The van der Waals surface area contributed by atoms with Crippen LogP contribution < -0.4 is 5.73 Å². The molecule has 0 amide bonds. The highest BCUT2D eigenvalue weighted by Crippen LogP contribution is 2.60. The summed E-state index contributed by atoms with van der Waals surface area (Å²) in [7, 11) is 0. The first-order chi connectivity index (χ1) is 7.95. The van der Waals surface area contributed by atoms with Crippen LogP contribution in [0.25, 0.3) is 0 Å². The third kappa shape index (κ3) is 7.78. The molecule has 1 atom stereocenters. The largest absolute Gasteiger partial charge is 0.480 e. The summed E-state index contributed by atoms with van der Waals surface area (Å²) in [6, 6.07) is -1.07. The van der Waals surface area contributed by atoms with Crippen molar-refractivity contribution in [2.45, 2.75) is 32.7 Å². The fourth-order valence-electron chi connectivity index (χ4n) is 0.761. The second kappa shape index (κ2) is 8.94. The topological polar surface area (TPSA) is 98.9 Å². The second-order valence-electron chi connectivity index (χ2n) is 3.35. The summed E-state index contributed by atoms with van der Waals surface area (Å²) >= 11 is 0.845. The Morgan fingerprint density at radius 2 is 1.82 bits per heavy atom. The van der Waals surface area contributed by atoms with Gasteiger partial charge in [0.05, 0.1) is 13.2 Å². The highest BCUT2D eigenvalue weighted by atomic mass is 32.7. The third-order valence-electron chi connectivity index (χ3n) is 1.64. The number of hydrogen-bond acceptors (Lipinski definition) is 6. The lowest BCUT2D eigenvalue weighted by Crippen LogP contribution is -2.32. The van der Waals surface area contributed by atoms with Gasteiger partial charge in [0.25, 0.3) is 0 Å². The highest BCUT2D eigenvalue weighted by Gasteiger charge is 2.27. The average molecular weight is 285 g/mol. The average Bonchev–Trinajstić information content (AvgIpc) is 2.31. The standard InChI is InChI=1S/C9H20NO5PS/c1-3-5-14-16(13,15-6-4-2)17-7-8(10)9(11)12/h8H,3-7,10H2,1-2H3,(H,11,12). The zero-order valence-corrected chi connectivity index (χ0v) is 11.8. The van der Waals surface area contributed by atoms with Gasteiger partial charge in [0.2, 0.25) is 0 Å². The Bertz CT molecular complexity index is 264. The van der Waals surface area contributed by atoms with E-state index in [1.165, 1.54) is 0 Å². The number of aliphatic carboxylic acids is 1. The van der Waals surface area contributed by atoms with E-state index in [1.54, 1.807) is 0 Å². The minimum Gasteiger partial charge on any atom is -0.480 e. The van der Waals surface area contributed by atoms with Gasteiger partial charge in [-0.2, -0.15) is 0 Å². The molecule has 0 bridgehead atoms. The number of rotatable bonds is 10. The quantitative estimate of drug-likeness (QED) is 0.593. The number of hydrogen-bond donors (Lipinski definition) is 2. The predicted molar refractivity (Wildman–Crippen MR) is 68.2 cm³/mol. The Morgan fingerprint density at radius 3 is 2.18 bits per heavy atom. The number of nitrogens with two attached hydrogens (primary N) is 1. The van der Waals surface area contributed by atoms with Crippen molar-refractivity contribution in [2.75, 3.05) is 19.0 Å². The fourth-order valence-corrected chi connectivity index (χ4v) is 4.21. The van der Waals surface area contributed by atoms with Gasteiger partial charge in [-0.3, -0.25) is 4.79 Å². The Morgan fingerprint density at radius 1 is 1.35 bits per heavy atom. The smallest absolute Gasteiger partial charge is 0.389 e. The van der Waals surface area contributed by atoms with Gasteiger partial charge in [0.1, 0.15) is 6.04 Å². The zero-order valence-electron chi connectivity index (χ0n) is 10.1. The summed E-state index contributed by atoms with van der Waals surface area (Å²) in [5.41, 5.74) is 5.33. The summed E-state index contributed by atoms with van der Waals surface area (Å²) in [5, 5.41) is 8.62. The summed E-state index contributed by atoms with van der Waals surface area (Å²) in [6.07, 6.45) is 1.43. The molecule has 0 aromatic rings. The molecule has 0 aliphatic carbocycles. The summed E-state index contributed by atoms with van der Waals surface area (Å²) in [4.78, 5) is 10.5. The van der Waals surface area contributed by atoms with Gasteiger partial charge in [-0.05, 0) is 24.2 Å². The SMILES string of the molecule is CCCOP(=O)(OCCC)SCC(N)C(=O)O. The van der Waals surface area contributed by atoms with E-state index in [1.807, 2.05) is 13.8 Å². The van der Waals surface area contributed by atoms with Crippen LogP contribution in [0.15, 0.2) is 0 Å². The molecular formula is C9H20NO5PS. The minimum atomic E-state index is -3.27. The van der Waals surface area contributed by atoms with Crippen molar-refractivity contribution in [3.8, 4) is 0 Å². The molecule has 0 fully saturated rings. The lowest BCUT2D eigenvalue weighted by atomic mass is 10.4. The Kier molecular flexibility index (Phi) is 8.90. The molecule has 0 spiro atoms. The molecule has 0 aliphatic rings. The molecule has 0 aromatic carbocycles. The first kappa shape index (κ1) is 16.9. The maximum absolute atomic E-state index is 12.1. The van der Waals surface area contributed by atoms with Crippen LogP contribution in [0, 0.1) is 0 Å². The van der Waals surface area contributed by atoms with Crippen LogP contribution in [0.4, 0.5) is 0 Å². The van der Waals surface area contributed by atoms with Crippen molar-refractivity contribution in [1.29, 1.82) is 0 Å². The lowest BCUT2D eigenvalue weighted by Gasteiger charge is -2.17. The van der Waals surface area contributed by atoms with Crippen molar-refractivity contribution in [3.63, 3.8) is 0 Å². The van der Waals surface area contributed by atoms with Crippen LogP contribution in [0.3, 0.4) is 0 Å². The first-order valence-corrected chi connectivity index (χ1v) is 8.60. The van der Waals surface area contributed by atoms with Crippen LogP contribution in [0.1, 0.15) is 26.7 Å². The van der Waals surface area contributed by atoms with Gasteiger partial charge in [0.15, 0.2) is 0 Å². The molecule has 3 N–H and O–H groups in total. The molecule has 17 heavy (non-hydrogen) atoms. The Balaban J connectivity index is 4.26. The molecule has 0 aliphatic heterocycles. The monoisotopic (exact) mass is 285 g/mol.